The summed E-state index contributed by atoms with van der Waals surface area (Å²) in [5.74, 6) is 0.367. The van der Waals surface area contributed by atoms with Crippen molar-refractivity contribution in [3.05, 3.63) is 18.6 Å². The number of anilines is 1. The summed E-state index contributed by atoms with van der Waals surface area (Å²) in [5, 5.41) is 12.2. The summed E-state index contributed by atoms with van der Waals surface area (Å²) in [5.41, 5.74) is 0. The number of quaternary nitrogens is 1. The van der Waals surface area contributed by atoms with E-state index in [9.17, 15) is 9.90 Å². The van der Waals surface area contributed by atoms with Gasteiger partial charge in [-0.05, 0) is 0 Å². The summed E-state index contributed by atoms with van der Waals surface area (Å²) >= 11 is 0. The van der Waals surface area contributed by atoms with Gasteiger partial charge >= 0.3 is 0 Å². The first-order valence-corrected chi connectivity index (χ1v) is 5.65. The van der Waals surface area contributed by atoms with Crippen LogP contribution in [0.3, 0.4) is 0 Å². The van der Waals surface area contributed by atoms with Crippen LogP contribution < -0.4 is 22.3 Å². The lowest BCUT2D eigenvalue weighted by atomic mass is 10.3. The van der Waals surface area contributed by atoms with E-state index < -0.39 is 0 Å². The first-order valence-electron chi connectivity index (χ1n) is 5.65. The molecule has 0 spiro atoms. The Kier molecular flexibility index (Phi) is 5.18. The number of aliphatic hydroxyl groups is 1. The third-order valence-electron chi connectivity index (χ3n) is 3.01. The van der Waals surface area contributed by atoms with E-state index in [1.807, 2.05) is 7.05 Å². The zero-order chi connectivity index (χ0) is 12.3. The molecule has 1 aliphatic rings. The molecule has 1 fully saturated rings. The Hall–Kier alpha value is -1.05. The highest BCUT2D eigenvalue weighted by molar-refractivity contribution is 5.90. The Bertz CT molecular complexity index is 403. The Morgan fingerprint density at radius 3 is 2.94 bits per heavy atom. The Balaban J connectivity index is 0.00000162. The van der Waals surface area contributed by atoms with E-state index in [1.54, 1.807) is 6.20 Å². The molecular formula is C11H17BrN4O2. The lowest BCUT2D eigenvalue weighted by molar-refractivity contribution is -0.890. The van der Waals surface area contributed by atoms with Gasteiger partial charge in [-0.1, -0.05) is 0 Å². The highest BCUT2D eigenvalue weighted by atomic mass is 79.9. The van der Waals surface area contributed by atoms with Crippen LogP contribution in [0.1, 0.15) is 6.42 Å². The summed E-state index contributed by atoms with van der Waals surface area (Å²) in [4.78, 5) is 19.7. The summed E-state index contributed by atoms with van der Waals surface area (Å²) in [6.45, 7) is 1.82. The van der Waals surface area contributed by atoms with Crippen LogP contribution in [0, 0.1) is 0 Å². The van der Waals surface area contributed by atoms with Crippen molar-refractivity contribution in [2.75, 3.05) is 32.0 Å². The molecule has 100 valence electrons. The number of aliphatic hydroxyl groups excluding tert-OH is 1. The van der Waals surface area contributed by atoms with Gasteiger partial charge in [0.15, 0.2) is 12.4 Å². The van der Waals surface area contributed by atoms with Gasteiger partial charge in [0.2, 0.25) is 0 Å². The van der Waals surface area contributed by atoms with Crippen molar-refractivity contribution in [3.63, 3.8) is 0 Å². The summed E-state index contributed by atoms with van der Waals surface area (Å²) < 4.78 is 0.577. The number of likely N-dealkylation sites (N-methyl/N-ethyl adjacent to an activating group) is 1. The topological polar surface area (TPSA) is 75.1 Å². The molecule has 1 unspecified atom stereocenters. The van der Waals surface area contributed by atoms with Crippen molar-refractivity contribution < 1.29 is 31.4 Å². The second-order valence-electron chi connectivity index (χ2n) is 4.77. The lowest BCUT2D eigenvalue weighted by Gasteiger charge is -2.28. The van der Waals surface area contributed by atoms with Crippen LogP contribution in [0.2, 0.25) is 0 Å². The molecule has 0 bridgehead atoms. The molecule has 6 nitrogen and oxygen atoms in total. The van der Waals surface area contributed by atoms with Gasteiger partial charge in [0.1, 0.15) is 12.6 Å². The minimum Gasteiger partial charge on any atom is -1.00 e. The average molecular weight is 317 g/mol. The van der Waals surface area contributed by atoms with Crippen molar-refractivity contribution in [1.29, 1.82) is 0 Å². The predicted octanol–water partition coefficient (Wildman–Crippen LogP) is -3.37. The normalized spacial score (nSPS) is 26.4. The van der Waals surface area contributed by atoms with Crippen molar-refractivity contribution in [2.24, 2.45) is 0 Å². The van der Waals surface area contributed by atoms with Crippen molar-refractivity contribution >= 4 is 11.7 Å². The molecule has 0 saturated carbocycles. The van der Waals surface area contributed by atoms with Gasteiger partial charge < -0.3 is 31.9 Å². The van der Waals surface area contributed by atoms with Gasteiger partial charge in [0.05, 0.1) is 19.8 Å². The van der Waals surface area contributed by atoms with E-state index in [0.717, 1.165) is 13.0 Å². The van der Waals surface area contributed by atoms with E-state index in [1.165, 1.54) is 12.4 Å². The molecule has 1 aliphatic heterocycles. The zero-order valence-corrected chi connectivity index (χ0v) is 11.8. The SMILES string of the molecule is C[N@@+]1(CC(=O)Nc2cnccn2)CCC(O)C1.[Br-]. The number of halogens is 1. The number of rotatable bonds is 3. The number of hydrogen-bond donors (Lipinski definition) is 2. The quantitative estimate of drug-likeness (QED) is 0.571. The lowest BCUT2D eigenvalue weighted by Crippen LogP contribution is -3.00. The molecular weight excluding hydrogens is 300 g/mol. The van der Waals surface area contributed by atoms with E-state index in [4.69, 9.17) is 0 Å². The smallest absolute Gasteiger partial charge is 0.280 e. The zero-order valence-electron chi connectivity index (χ0n) is 10.2. The van der Waals surface area contributed by atoms with Gasteiger partial charge in [-0.3, -0.25) is 9.78 Å². The molecule has 1 aromatic heterocycles. The predicted molar refractivity (Wildman–Crippen MR) is 62.1 cm³/mol. The maximum atomic E-state index is 11.8. The summed E-state index contributed by atoms with van der Waals surface area (Å²) in [6.07, 6.45) is 5.07. The fraction of sp³-hybridized carbons (Fsp3) is 0.545. The highest BCUT2D eigenvalue weighted by Gasteiger charge is 2.35. The molecule has 0 aliphatic carbocycles. The standard InChI is InChI=1S/C11H16N4O2.BrH/c1-15(5-2-9(16)7-15)8-11(17)14-10-6-12-3-4-13-10;/h3-4,6,9,16H,2,5,7-8H2,1H3;1H/t9?,15-;/m1./s1. The molecule has 18 heavy (non-hydrogen) atoms. The highest BCUT2D eigenvalue weighted by Crippen LogP contribution is 2.16. The van der Waals surface area contributed by atoms with Crippen molar-refractivity contribution in [2.45, 2.75) is 12.5 Å². The molecule has 2 rings (SSSR count). The number of hydrogen-bond acceptors (Lipinski definition) is 4. The molecule has 7 heteroatoms. The van der Waals surface area contributed by atoms with Gasteiger partial charge in [-0.2, -0.15) is 0 Å². The first-order chi connectivity index (χ1) is 8.07. The van der Waals surface area contributed by atoms with Crippen LogP contribution >= 0.6 is 0 Å². The molecule has 2 heterocycles. The van der Waals surface area contributed by atoms with Crippen LogP contribution in [0.25, 0.3) is 0 Å². The maximum absolute atomic E-state index is 11.8. The van der Waals surface area contributed by atoms with E-state index in [0.29, 0.717) is 23.4 Å². The fourth-order valence-corrected chi connectivity index (χ4v) is 2.19. The number of nitrogens with zero attached hydrogens (tertiary/aromatic N) is 3. The van der Waals surface area contributed by atoms with Gasteiger partial charge in [-0.25, -0.2) is 4.98 Å². The third-order valence-corrected chi connectivity index (χ3v) is 3.01. The van der Waals surface area contributed by atoms with Gasteiger partial charge in [0, 0.05) is 18.8 Å². The maximum Gasteiger partial charge on any atom is 0.280 e. The Morgan fingerprint density at radius 2 is 2.39 bits per heavy atom. The largest absolute Gasteiger partial charge is 1.00 e. The number of carbonyl (C=O) groups excluding carboxylic acids is 1. The number of nitrogens with one attached hydrogen (secondary N) is 1. The molecule has 0 aromatic carbocycles. The molecule has 0 radical (unpaired) electrons. The minimum absolute atomic E-state index is 0. The molecule has 1 saturated heterocycles. The van der Waals surface area contributed by atoms with Crippen LogP contribution in [0.4, 0.5) is 5.82 Å². The second-order valence-corrected chi connectivity index (χ2v) is 4.77. The fourth-order valence-electron chi connectivity index (χ4n) is 2.19. The molecule has 1 aromatic rings. The van der Waals surface area contributed by atoms with Gasteiger partial charge in [-0.15, -0.1) is 0 Å². The molecule has 2 atom stereocenters. The van der Waals surface area contributed by atoms with Crippen LogP contribution in [-0.4, -0.2) is 58.3 Å². The van der Waals surface area contributed by atoms with Crippen LogP contribution in [-0.2, 0) is 4.79 Å². The average Bonchev–Trinajstić information content (AvgIpc) is 2.59. The Morgan fingerprint density at radius 1 is 1.61 bits per heavy atom. The Labute approximate surface area is 116 Å². The minimum atomic E-state index is -0.288. The van der Waals surface area contributed by atoms with Crippen molar-refractivity contribution in [1.82, 2.24) is 9.97 Å². The van der Waals surface area contributed by atoms with Gasteiger partial charge in [0.25, 0.3) is 5.91 Å². The van der Waals surface area contributed by atoms with E-state index >= 15 is 0 Å². The monoisotopic (exact) mass is 316 g/mol. The molecule has 2 N–H and O–H groups in total. The van der Waals surface area contributed by atoms with Crippen molar-refractivity contribution in [3.8, 4) is 0 Å². The van der Waals surface area contributed by atoms with E-state index in [-0.39, 0.29) is 29.0 Å². The van der Waals surface area contributed by atoms with Crippen LogP contribution in [0.15, 0.2) is 18.6 Å². The third kappa shape index (κ3) is 4.01. The van der Waals surface area contributed by atoms with E-state index in [2.05, 4.69) is 15.3 Å². The second kappa shape index (κ2) is 6.21. The number of carbonyl (C=O) groups is 1. The summed E-state index contributed by atoms with van der Waals surface area (Å²) in [6, 6.07) is 0. The number of amides is 1. The molecule has 1 amide bonds. The number of likely N-dealkylation sites (tertiary alicyclic amines) is 1. The van der Waals surface area contributed by atoms with Crippen LogP contribution in [0.5, 0.6) is 0 Å². The first kappa shape index (κ1) is 15.0. The number of aromatic nitrogens is 2. The summed E-state index contributed by atoms with van der Waals surface area (Å²) in [7, 11) is 1.98.